The smallest absolute Gasteiger partial charge is 0.416 e. The van der Waals surface area contributed by atoms with E-state index in [2.05, 4.69) is 20.3 Å². The van der Waals surface area contributed by atoms with Crippen LogP contribution in [0, 0.1) is 12.8 Å². The minimum absolute atomic E-state index is 0.0774. The summed E-state index contributed by atoms with van der Waals surface area (Å²) in [5, 5.41) is 12.1. The fraction of sp³-hybridized carbons (Fsp3) is 0.462. The molecule has 1 aromatic carbocycles. The molecule has 3 N–H and O–H groups in total. The molecule has 2 aliphatic rings. The van der Waals surface area contributed by atoms with Gasteiger partial charge in [0.25, 0.3) is 11.8 Å². The van der Waals surface area contributed by atoms with Gasteiger partial charge >= 0.3 is 6.18 Å². The second-order valence-electron chi connectivity index (χ2n) is 10.0. The number of nitrogens with zero attached hydrogens (tertiary/aromatic N) is 3. The first kappa shape index (κ1) is 26.9. The number of likely N-dealkylation sites (tertiary alicyclic amines) is 1. The lowest BCUT2D eigenvalue weighted by atomic mass is 10.0. The molecule has 0 unspecified atom stereocenters. The van der Waals surface area contributed by atoms with Gasteiger partial charge in [0.05, 0.1) is 35.8 Å². The number of carbonyl (C=O) groups is 2. The van der Waals surface area contributed by atoms with Crippen LogP contribution in [-0.2, 0) is 11.0 Å². The summed E-state index contributed by atoms with van der Waals surface area (Å²) in [6.07, 6.45) is -4.32. The molecule has 5 rings (SSSR count). The van der Waals surface area contributed by atoms with Crippen LogP contribution < -0.4 is 10.1 Å². The van der Waals surface area contributed by atoms with Crippen LogP contribution in [0.15, 0.2) is 24.5 Å². The topological polar surface area (TPSA) is 120 Å². The molecule has 1 saturated heterocycles. The Labute approximate surface area is 220 Å². The predicted octanol–water partition coefficient (Wildman–Crippen LogP) is 3.40. The normalized spacial score (nSPS) is 20.3. The summed E-state index contributed by atoms with van der Waals surface area (Å²) in [4.78, 5) is 37.9. The van der Waals surface area contributed by atoms with E-state index in [0.29, 0.717) is 18.2 Å². The quantitative estimate of drug-likeness (QED) is 0.389. The van der Waals surface area contributed by atoms with E-state index in [1.54, 1.807) is 6.92 Å². The highest BCUT2D eigenvalue weighted by Crippen LogP contribution is 2.40. The number of aromatic nitrogens is 3. The van der Waals surface area contributed by atoms with Crippen LogP contribution in [0.2, 0.25) is 0 Å². The van der Waals surface area contributed by atoms with Crippen LogP contribution in [0.5, 0.6) is 5.75 Å². The highest BCUT2D eigenvalue weighted by Gasteiger charge is 2.38. The number of alkyl halides is 4. The Hall–Kier alpha value is -3.74. The van der Waals surface area contributed by atoms with E-state index in [4.69, 9.17) is 4.74 Å². The standard InChI is InChI=1S/C26H27F4N5O4/c1-12-20(24(37)34-18-9-35(8-17(18)27)25(38)13(2)36)22-23(33-12)21(31-11-32-22)16-7-15(26(28,29)30)5-6-19(16)39-10-14-3-4-14/h5-7,11,13-14,17-18,33,36H,3-4,8-10H2,1-2H3,(H,34,37)/t13-,17-,18+/m0/s1. The summed E-state index contributed by atoms with van der Waals surface area (Å²) in [6.45, 7) is 2.84. The van der Waals surface area contributed by atoms with Gasteiger partial charge in [0.15, 0.2) is 0 Å². The van der Waals surface area contributed by atoms with Crippen LogP contribution in [0.1, 0.15) is 41.4 Å². The van der Waals surface area contributed by atoms with Crippen molar-refractivity contribution in [2.24, 2.45) is 5.92 Å². The zero-order valence-corrected chi connectivity index (χ0v) is 21.2. The van der Waals surface area contributed by atoms with Crippen LogP contribution in [0.4, 0.5) is 17.6 Å². The number of benzene rings is 1. The number of aliphatic hydroxyl groups excluding tert-OH is 1. The first-order valence-corrected chi connectivity index (χ1v) is 12.5. The molecule has 2 aromatic heterocycles. The number of aliphatic hydroxyl groups is 1. The molecule has 0 radical (unpaired) electrons. The molecule has 1 saturated carbocycles. The minimum Gasteiger partial charge on any atom is -0.493 e. The average Bonchev–Trinajstić information content (AvgIpc) is 3.55. The first-order valence-electron chi connectivity index (χ1n) is 12.5. The maximum absolute atomic E-state index is 14.6. The van der Waals surface area contributed by atoms with Gasteiger partial charge in [0.2, 0.25) is 0 Å². The third kappa shape index (κ3) is 5.40. The van der Waals surface area contributed by atoms with Crippen LogP contribution >= 0.6 is 0 Å². The summed E-state index contributed by atoms with van der Waals surface area (Å²) in [6, 6.07) is 2.15. The van der Waals surface area contributed by atoms with Crippen molar-refractivity contribution in [2.75, 3.05) is 19.7 Å². The number of halogens is 4. The van der Waals surface area contributed by atoms with Gasteiger partial charge < -0.3 is 25.0 Å². The molecule has 1 aliphatic heterocycles. The Bertz CT molecular complexity index is 1420. The van der Waals surface area contributed by atoms with Crippen molar-refractivity contribution in [1.82, 2.24) is 25.2 Å². The molecule has 0 spiro atoms. The summed E-state index contributed by atoms with van der Waals surface area (Å²) in [5.41, 5.74) is 0.136. The van der Waals surface area contributed by atoms with Crippen molar-refractivity contribution in [3.05, 3.63) is 41.3 Å². The second-order valence-corrected chi connectivity index (χ2v) is 10.0. The fourth-order valence-electron chi connectivity index (χ4n) is 4.70. The molecule has 9 nitrogen and oxygen atoms in total. The number of hydrogen-bond acceptors (Lipinski definition) is 6. The van der Waals surface area contributed by atoms with Crippen LogP contribution in [0.25, 0.3) is 22.3 Å². The number of rotatable bonds is 7. The van der Waals surface area contributed by atoms with E-state index in [-0.39, 0.29) is 46.7 Å². The average molecular weight is 550 g/mol. The van der Waals surface area contributed by atoms with Crippen molar-refractivity contribution in [3.8, 4) is 17.0 Å². The maximum Gasteiger partial charge on any atom is 0.416 e. The Kier molecular flexibility index (Phi) is 6.95. The molecule has 3 heterocycles. The number of ether oxygens (including phenoxy) is 1. The van der Waals surface area contributed by atoms with Gasteiger partial charge in [-0.05, 0) is 50.8 Å². The van der Waals surface area contributed by atoms with E-state index in [9.17, 15) is 32.3 Å². The SMILES string of the molecule is Cc1[nH]c2c(-c3cc(C(F)(F)F)ccc3OCC3CC3)ncnc2c1C(=O)N[C@@H]1CN(C(=O)[C@H](C)O)C[C@@H]1F. The van der Waals surface area contributed by atoms with E-state index in [0.717, 1.165) is 36.2 Å². The Morgan fingerprint density at radius 1 is 1.26 bits per heavy atom. The number of H-pyrrole nitrogens is 1. The molecule has 208 valence electrons. The summed E-state index contributed by atoms with van der Waals surface area (Å²) >= 11 is 0. The molecule has 1 aliphatic carbocycles. The van der Waals surface area contributed by atoms with Crippen molar-refractivity contribution in [1.29, 1.82) is 0 Å². The van der Waals surface area contributed by atoms with E-state index < -0.39 is 41.9 Å². The van der Waals surface area contributed by atoms with Crippen molar-refractivity contribution in [3.63, 3.8) is 0 Å². The van der Waals surface area contributed by atoms with Gasteiger partial charge in [0.1, 0.15) is 35.6 Å². The minimum atomic E-state index is -4.60. The molecule has 3 aromatic rings. The zero-order chi connectivity index (χ0) is 28.1. The van der Waals surface area contributed by atoms with Gasteiger partial charge in [-0.15, -0.1) is 0 Å². The van der Waals surface area contributed by atoms with Crippen molar-refractivity contribution < 1.29 is 37.0 Å². The Morgan fingerprint density at radius 3 is 2.67 bits per heavy atom. The Morgan fingerprint density at radius 2 is 2.00 bits per heavy atom. The molecule has 0 bridgehead atoms. The predicted molar refractivity (Wildman–Crippen MR) is 132 cm³/mol. The third-order valence-corrected chi connectivity index (χ3v) is 6.97. The number of fused-ring (bicyclic) bond motifs is 1. The lowest BCUT2D eigenvalue weighted by Gasteiger charge is -2.18. The summed E-state index contributed by atoms with van der Waals surface area (Å²) in [5.74, 6) is -0.731. The molecule has 39 heavy (non-hydrogen) atoms. The van der Waals surface area contributed by atoms with E-state index in [1.165, 1.54) is 13.0 Å². The summed E-state index contributed by atoms with van der Waals surface area (Å²) in [7, 11) is 0. The number of hydrogen-bond donors (Lipinski definition) is 3. The van der Waals surface area contributed by atoms with Crippen LogP contribution in [-0.4, -0.2) is 74.8 Å². The lowest BCUT2D eigenvalue weighted by molar-refractivity contribution is -0.138. The Balaban J connectivity index is 1.49. The highest BCUT2D eigenvalue weighted by atomic mass is 19.4. The molecule has 13 heteroatoms. The molecule has 2 amide bonds. The number of aryl methyl sites for hydroxylation is 1. The molecular weight excluding hydrogens is 522 g/mol. The van der Waals surface area contributed by atoms with Gasteiger partial charge in [-0.1, -0.05) is 0 Å². The van der Waals surface area contributed by atoms with E-state index in [1.807, 2.05) is 0 Å². The van der Waals surface area contributed by atoms with Gasteiger partial charge in [-0.25, -0.2) is 14.4 Å². The number of nitrogens with one attached hydrogen (secondary N) is 2. The fourth-order valence-corrected chi connectivity index (χ4v) is 4.70. The number of amides is 2. The zero-order valence-electron chi connectivity index (χ0n) is 21.2. The molecule has 3 atom stereocenters. The molecule has 2 fully saturated rings. The largest absolute Gasteiger partial charge is 0.493 e. The van der Waals surface area contributed by atoms with Crippen molar-refractivity contribution >= 4 is 22.8 Å². The monoisotopic (exact) mass is 549 g/mol. The van der Waals surface area contributed by atoms with Gasteiger partial charge in [-0.3, -0.25) is 9.59 Å². The molecular formula is C26H27F4N5O4. The van der Waals surface area contributed by atoms with E-state index >= 15 is 0 Å². The van der Waals surface area contributed by atoms with Crippen molar-refractivity contribution in [2.45, 2.75) is 51.2 Å². The maximum atomic E-state index is 14.6. The third-order valence-electron chi connectivity index (χ3n) is 6.97. The second kappa shape index (κ2) is 10.1. The first-order chi connectivity index (χ1) is 18.4. The van der Waals surface area contributed by atoms with Gasteiger partial charge in [-0.2, -0.15) is 13.2 Å². The summed E-state index contributed by atoms with van der Waals surface area (Å²) < 4.78 is 61.2. The lowest BCUT2D eigenvalue weighted by Crippen LogP contribution is -2.42. The number of carbonyl (C=O) groups excluding carboxylic acids is 2. The van der Waals surface area contributed by atoms with Gasteiger partial charge in [0, 0.05) is 17.8 Å². The van der Waals surface area contributed by atoms with Crippen LogP contribution in [0.3, 0.4) is 0 Å². The highest BCUT2D eigenvalue weighted by molar-refractivity contribution is 6.09. The number of aromatic amines is 1.